The van der Waals surface area contributed by atoms with Crippen LogP contribution >= 0.6 is 0 Å². The molecule has 1 rings (SSSR count). The van der Waals surface area contributed by atoms with Gasteiger partial charge in [-0.3, -0.25) is 0 Å². The van der Waals surface area contributed by atoms with Crippen LogP contribution in [0.4, 0.5) is 9.18 Å². The molecule has 1 unspecified atom stereocenters. The van der Waals surface area contributed by atoms with Crippen molar-refractivity contribution in [1.82, 2.24) is 5.32 Å². The van der Waals surface area contributed by atoms with Crippen molar-refractivity contribution in [3.63, 3.8) is 0 Å². The topological polar surface area (TPSA) is 84.9 Å². The molecule has 21 heavy (non-hydrogen) atoms. The molecule has 0 spiro atoms. The number of carbonyl (C=O) groups excluding carboxylic acids is 1. The van der Waals surface area contributed by atoms with Gasteiger partial charge in [-0.25, -0.2) is 14.0 Å². The molecule has 1 aromatic carbocycles. The maximum atomic E-state index is 13.9. The van der Waals surface area contributed by atoms with Crippen molar-refractivity contribution >= 4 is 12.1 Å². The van der Waals surface area contributed by atoms with Crippen molar-refractivity contribution in [2.24, 2.45) is 0 Å². The van der Waals surface area contributed by atoms with Crippen LogP contribution in [0.3, 0.4) is 0 Å². The van der Waals surface area contributed by atoms with E-state index < -0.39 is 29.5 Å². The Morgan fingerprint density at radius 2 is 1.95 bits per heavy atom. The summed E-state index contributed by atoms with van der Waals surface area (Å²) in [6.45, 7) is 4.91. The first-order valence-electron chi connectivity index (χ1n) is 6.20. The Morgan fingerprint density at radius 3 is 2.38 bits per heavy atom. The van der Waals surface area contributed by atoms with Crippen LogP contribution < -0.4 is 10.1 Å². The van der Waals surface area contributed by atoms with Crippen molar-refractivity contribution in [2.75, 3.05) is 7.11 Å². The van der Waals surface area contributed by atoms with Crippen LogP contribution in [0.2, 0.25) is 0 Å². The van der Waals surface area contributed by atoms with Crippen LogP contribution in [0.1, 0.15) is 32.4 Å². The minimum Gasteiger partial charge on any atom is -0.497 e. The molecular weight excluding hydrogens is 281 g/mol. The number of amides is 1. The largest absolute Gasteiger partial charge is 0.497 e. The number of methoxy groups -OCH3 is 1. The van der Waals surface area contributed by atoms with Crippen LogP contribution in [0, 0.1) is 5.82 Å². The highest BCUT2D eigenvalue weighted by molar-refractivity contribution is 5.81. The van der Waals surface area contributed by atoms with E-state index in [0.29, 0.717) is 0 Å². The van der Waals surface area contributed by atoms with Crippen molar-refractivity contribution in [1.29, 1.82) is 0 Å². The van der Waals surface area contributed by atoms with Gasteiger partial charge in [-0.1, -0.05) is 0 Å². The number of ether oxygens (including phenoxy) is 2. The second-order valence-corrected chi connectivity index (χ2v) is 5.30. The lowest BCUT2D eigenvalue weighted by molar-refractivity contribution is -0.139. The van der Waals surface area contributed by atoms with E-state index in [1.165, 1.54) is 19.2 Å². The molecule has 0 radical (unpaired) electrons. The van der Waals surface area contributed by atoms with Gasteiger partial charge in [-0.05, 0) is 32.9 Å². The molecule has 0 saturated heterocycles. The van der Waals surface area contributed by atoms with Crippen LogP contribution in [0.15, 0.2) is 18.2 Å². The Hall–Kier alpha value is -2.31. The lowest BCUT2D eigenvalue weighted by Gasteiger charge is -2.22. The standard InChI is InChI=1S/C14H18FNO5/c1-14(2,3)21-13(19)16-11(12(17)18)9-6-5-8(20-4)7-10(9)15/h5-7,11H,1-4H3,(H,16,19)(H,17,18). The van der Waals surface area contributed by atoms with Crippen molar-refractivity contribution in [3.05, 3.63) is 29.6 Å². The summed E-state index contributed by atoms with van der Waals surface area (Å²) in [6.07, 6.45) is -0.940. The Bertz CT molecular complexity index is 539. The number of benzene rings is 1. The summed E-state index contributed by atoms with van der Waals surface area (Å²) in [6, 6.07) is 2.14. The summed E-state index contributed by atoms with van der Waals surface area (Å²) >= 11 is 0. The van der Waals surface area contributed by atoms with E-state index in [1.54, 1.807) is 20.8 Å². The number of rotatable bonds is 4. The molecule has 1 aromatic rings. The zero-order valence-corrected chi connectivity index (χ0v) is 12.3. The number of halogens is 1. The van der Waals surface area contributed by atoms with Gasteiger partial charge < -0.3 is 19.9 Å². The van der Waals surface area contributed by atoms with Gasteiger partial charge in [-0.2, -0.15) is 0 Å². The molecule has 7 heteroatoms. The van der Waals surface area contributed by atoms with E-state index >= 15 is 0 Å². The molecule has 0 fully saturated rings. The van der Waals surface area contributed by atoms with Gasteiger partial charge in [0.25, 0.3) is 0 Å². The number of hydrogen-bond donors (Lipinski definition) is 2. The van der Waals surface area contributed by atoms with Gasteiger partial charge in [0.1, 0.15) is 17.2 Å². The second-order valence-electron chi connectivity index (χ2n) is 5.30. The Labute approximate surface area is 121 Å². The summed E-state index contributed by atoms with van der Waals surface area (Å²) < 4.78 is 23.7. The summed E-state index contributed by atoms with van der Waals surface area (Å²) in [7, 11) is 1.36. The third kappa shape index (κ3) is 4.94. The van der Waals surface area contributed by atoms with Gasteiger partial charge in [0, 0.05) is 11.6 Å². The predicted octanol–water partition coefficient (Wildman–Crippen LogP) is 2.48. The van der Waals surface area contributed by atoms with E-state index in [-0.39, 0.29) is 11.3 Å². The maximum Gasteiger partial charge on any atom is 0.408 e. The van der Waals surface area contributed by atoms with Crippen molar-refractivity contribution in [3.8, 4) is 5.75 Å². The first-order chi connectivity index (χ1) is 9.64. The highest BCUT2D eigenvalue weighted by atomic mass is 19.1. The highest BCUT2D eigenvalue weighted by Gasteiger charge is 2.27. The number of nitrogens with one attached hydrogen (secondary N) is 1. The van der Waals surface area contributed by atoms with E-state index in [0.717, 1.165) is 6.07 Å². The Balaban J connectivity index is 2.98. The summed E-state index contributed by atoms with van der Waals surface area (Å²) in [5.41, 5.74) is -0.972. The normalized spacial score (nSPS) is 12.4. The van der Waals surface area contributed by atoms with Gasteiger partial charge in [0.15, 0.2) is 6.04 Å². The average molecular weight is 299 g/mol. The third-order valence-corrected chi connectivity index (χ3v) is 2.43. The van der Waals surface area contributed by atoms with Gasteiger partial charge in [0.2, 0.25) is 0 Å². The van der Waals surface area contributed by atoms with Gasteiger partial charge >= 0.3 is 12.1 Å². The minimum atomic E-state index is -1.55. The molecule has 0 aromatic heterocycles. The summed E-state index contributed by atoms with van der Waals surface area (Å²) in [4.78, 5) is 22.9. The molecule has 0 heterocycles. The predicted molar refractivity (Wildman–Crippen MR) is 72.7 cm³/mol. The minimum absolute atomic E-state index is 0.186. The van der Waals surface area contributed by atoms with E-state index in [9.17, 15) is 14.0 Å². The number of carboxylic acid groups (broad SMARTS) is 1. The zero-order valence-electron chi connectivity index (χ0n) is 12.3. The third-order valence-electron chi connectivity index (χ3n) is 2.43. The van der Waals surface area contributed by atoms with Crippen LogP contribution in [-0.4, -0.2) is 29.9 Å². The van der Waals surface area contributed by atoms with E-state index in [4.69, 9.17) is 14.6 Å². The first-order valence-corrected chi connectivity index (χ1v) is 6.20. The molecule has 2 N–H and O–H groups in total. The van der Waals surface area contributed by atoms with Gasteiger partial charge in [-0.15, -0.1) is 0 Å². The number of carboxylic acids is 1. The van der Waals surface area contributed by atoms with Crippen molar-refractivity contribution < 1.29 is 28.6 Å². The number of hydrogen-bond acceptors (Lipinski definition) is 4. The molecule has 0 aliphatic carbocycles. The molecule has 1 amide bonds. The van der Waals surface area contributed by atoms with E-state index in [1.807, 2.05) is 0 Å². The molecule has 0 saturated carbocycles. The summed E-state index contributed by atoms with van der Waals surface area (Å²) in [5, 5.41) is 11.3. The molecule has 6 nitrogen and oxygen atoms in total. The fraction of sp³-hybridized carbons (Fsp3) is 0.429. The van der Waals surface area contributed by atoms with Crippen LogP contribution in [0.5, 0.6) is 5.75 Å². The fourth-order valence-corrected chi connectivity index (χ4v) is 1.57. The number of alkyl carbamates (subject to hydrolysis) is 1. The maximum absolute atomic E-state index is 13.9. The molecule has 0 aliphatic heterocycles. The SMILES string of the molecule is COc1ccc(C(NC(=O)OC(C)(C)C)C(=O)O)c(F)c1. The highest BCUT2D eigenvalue weighted by Crippen LogP contribution is 2.22. The van der Waals surface area contributed by atoms with Crippen molar-refractivity contribution in [2.45, 2.75) is 32.4 Å². The lowest BCUT2D eigenvalue weighted by atomic mass is 10.1. The molecule has 0 aliphatic rings. The quantitative estimate of drug-likeness (QED) is 0.892. The van der Waals surface area contributed by atoms with Crippen LogP contribution in [-0.2, 0) is 9.53 Å². The Kier molecular flexibility index (Phi) is 5.12. The molecule has 116 valence electrons. The second kappa shape index (κ2) is 6.43. The smallest absolute Gasteiger partial charge is 0.408 e. The zero-order chi connectivity index (χ0) is 16.2. The van der Waals surface area contributed by atoms with Crippen LogP contribution in [0.25, 0.3) is 0 Å². The number of carbonyl (C=O) groups is 2. The Morgan fingerprint density at radius 1 is 1.33 bits per heavy atom. The number of aliphatic carboxylic acids is 1. The van der Waals surface area contributed by atoms with Gasteiger partial charge in [0.05, 0.1) is 7.11 Å². The average Bonchev–Trinajstić information content (AvgIpc) is 2.33. The lowest BCUT2D eigenvalue weighted by Crippen LogP contribution is -2.38. The fourth-order valence-electron chi connectivity index (χ4n) is 1.57. The first kappa shape index (κ1) is 16.7. The summed E-state index contributed by atoms with van der Waals surface area (Å²) in [5.74, 6) is -1.94. The molecular formula is C14H18FNO5. The molecule has 1 atom stereocenters. The monoisotopic (exact) mass is 299 g/mol. The molecule has 0 bridgehead atoms. The van der Waals surface area contributed by atoms with E-state index in [2.05, 4.69) is 5.32 Å².